The van der Waals surface area contributed by atoms with Gasteiger partial charge in [0.15, 0.2) is 0 Å². The first-order chi connectivity index (χ1) is 33.6. The summed E-state index contributed by atoms with van der Waals surface area (Å²) in [4.78, 5) is 0. The fourth-order valence-corrected chi connectivity index (χ4v) is 17.7. The maximum Gasteiger partial charge on any atom is 0.144 e. The van der Waals surface area contributed by atoms with Crippen molar-refractivity contribution in [3.05, 3.63) is 243 Å². The van der Waals surface area contributed by atoms with Gasteiger partial charge in [0.25, 0.3) is 0 Å². The topological polar surface area (TPSA) is 55.3 Å². The lowest BCUT2D eigenvalue weighted by molar-refractivity contribution is -0.381. The van der Waals surface area contributed by atoms with Crippen LogP contribution in [0.1, 0.15) is 84.0 Å². The Morgan fingerprint density at radius 2 is 0.456 bits per heavy atom. The minimum Gasteiger partial charge on any atom is -0.871 e. The highest BCUT2D eigenvalue weighted by Crippen LogP contribution is 2.55. The fourth-order valence-electron chi connectivity index (χ4n) is 9.12. The van der Waals surface area contributed by atoms with Gasteiger partial charge in [0, 0.05) is 6.61 Å². The van der Waals surface area contributed by atoms with Gasteiger partial charge in [-0.05, 0) is 103 Å². The predicted octanol–water partition coefficient (Wildman–Crippen LogP) is 11.0. The molecule has 8 rings (SSSR count). The number of benzene rings is 8. The summed E-state index contributed by atoms with van der Waals surface area (Å²) in [6.07, 6.45) is 15.3. The van der Waals surface area contributed by atoms with Gasteiger partial charge in [0.1, 0.15) is 57.0 Å². The van der Waals surface area contributed by atoms with Crippen LogP contribution in [0, 0.1) is 0 Å². The summed E-state index contributed by atoms with van der Waals surface area (Å²) >= 11 is 0. The molecule has 0 saturated heterocycles. The second-order valence-corrected chi connectivity index (χ2v) is 23.9. The molecule has 0 aromatic heterocycles. The van der Waals surface area contributed by atoms with E-state index in [0.717, 1.165) is 12.8 Å². The molecule has 0 atom stereocenters. The SMILES string of the molecule is CCCCCCCCCCCCCCOB([O-])[O-].c1ccc([P+](c2ccccc2)(c2ccccc2)c2ccccc2)cc1.c1ccc([P+](c2ccccc2)(c2ccccc2)c2ccccc2)cc1. The molecule has 3 nitrogen and oxygen atoms in total. The lowest BCUT2D eigenvalue weighted by atomic mass is 10.1. The highest BCUT2D eigenvalue weighted by molar-refractivity contribution is 8.02. The van der Waals surface area contributed by atoms with Gasteiger partial charge < -0.3 is 14.7 Å². The van der Waals surface area contributed by atoms with Gasteiger partial charge in [-0.25, -0.2) is 0 Å². The Kier molecular flexibility index (Phi) is 22.5. The van der Waals surface area contributed by atoms with Crippen LogP contribution in [-0.2, 0) is 4.65 Å². The summed E-state index contributed by atoms with van der Waals surface area (Å²) in [5.74, 6) is 0. The van der Waals surface area contributed by atoms with Gasteiger partial charge in [0.05, 0.1) is 7.32 Å². The van der Waals surface area contributed by atoms with Crippen molar-refractivity contribution in [2.75, 3.05) is 6.61 Å². The molecule has 68 heavy (non-hydrogen) atoms. The molecule has 0 fully saturated rings. The zero-order valence-corrected chi connectivity index (χ0v) is 41.8. The monoisotopic (exact) mass is 934 g/mol. The van der Waals surface area contributed by atoms with Gasteiger partial charge in [-0.1, -0.05) is 223 Å². The molecule has 0 aliphatic rings. The molecule has 0 heterocycles. The molecule has 0 N–H and O–H groups in total. The molecule has 0 aliphatic heterocycles. The smallest absolute Gasteiger partial charge is 0.144 e. The number of unbranched alkanes of at least 4 members (excludes halogenated alkanes) is 11. The molecule has 0 unspecified atom stereocenters. The third-order valence-electron chi connectivity index (χ3n) is 12.4. The Labute approximate surface area is 410 Å². The van der Waals surface area contributed by atoms with Crippen LogP contribution in [-0.4, -0.2) is 13.9 Å². The van der Waals surface area contributed by atoms with Gasteiger partial charge in [-0.2, -0.15) is 0 Å². The Morgan fingerprint density at radius 3 is 0.632 bits per heavy atom. The minimum absolute atomic E-state index is 0.328. The van der Waals surface area contributed by atoms with Crippen molar-refractivity contribution in [2.24, 2.45) is 0 Å². The Hall–Kier alpha value is -5.44. The molecule has 348 valence electrons. The van der Waals surface area contributed by atoms with Gasteiger partial charge in [-0.15, -0.1) is 0 Å². The van der Waals surface area contributed by atoms with Gasteiger partial charge in [0.2, 0.25) is 0 Å². The summed E-state index contributed by atoms with van der Waals surface area (Å²) < 4.78 is 4.42. The highest BCUT2D eigenvalue weighted by atomic mass is 31.2. The average Bonchev–Trinajstić information content (AvgIpc) is 3.41. The zero-order chi connectivity index (χ0) is 47.4. The Balaban J connectivity index is 0.000000171. The molecular weight excluding hydrogens is 865 g/mol. The third-order valence-corrected chi connectivity index (χ3v) is 21.0. The van der Waals surface area contributed by atoms with Crippen molar-refractivity contribution in [1.29, 1.82) is 0 Å². The van der Waals surface area contributed by atoms with Gasteiger partial charge >= 0.3 is 0 Å². The van der Waals surface area contributed by atoms with E-state index < -0.39 is 21.8 Å². The van der Waals surface area contributed by atoms with E-state index in [4.69, 9.17) is 0 Å². The third kappa shape index (κ3) is 14.5. The number of rotatable bonds is 22. The number of hydrogen-bond acceptors (Lipinski definition) is 3. The van der Waals surface area contributed by atoms with E-state index in [1.54, 1.807) is 0 Å². The maximum atomic E-state index is 10.1. The van der Waals surface area contributed by atoms with Crippen molar-refractivity contribution in [3.8, 4) is 0 Å². The predicted molar refractivity (Wildman–Crippen MR) is 295 cm³/mol. The van der Waals surface area contributed by atoms with Crippen LogP contribution in [0.15, 0.2) is 243 Å². The van der Waals surface area contributed by atoms with Crippen LogP contribution in [0.4, 0.5) is 0 Å². The van der Waals surface area contributed by atoms with Gasteiger partial charge in [-0.3, -0.25) is 0 Å². The normalized spacial score (nSPS) is 11.1. The lowest BCUT2D eigenvalue weighted by Gasteiger charge is -2.27. The summed E-state index contributed by atoms with van der Waals surface area (Å²) in [7, 11) is -5.91. The second kappa shape index (κ2) is 29.5. The van der Waals surface area contributed by atoms with Crippen LogP contribution in [0.25, 0.3) is 0 Å². The van der Waals surface area contributed by atoms with Crippen molar-refractivity contribution < 1.29 is 14.7 Å². The molecule has 0 bridgehead atoms. The van der Waals surface area contributed by atoms with Crippen LogP contribution in [0.2, 0.25) is 0 Å². The number of hydrogen-bond donors (Lipinski definition) is 0. The standard InChI is InChI=1S/2C24H20P.C14H29BO3/c2*1-5-13-21(14-6-1)25(22-15-7-2-8-16-22,23-17-9-3-10-18-23)24-19-11-4-12-20-24;1-2-3-4-5-6-7-8-9-10-11-12-13-14-18-15(16)17/h2*1-20H;2-14H2,1H3/q2*+1;-2. The first kappa shape index (κ1) is 51.9. The summed E-state index contributed by atoms with van der Waals surface area (Å²) in [5.41, 5.74) is 0. The van der Waals surface area contributed by atoms with Crippen molar-refractivity contribution in [1.82, 2.24) is 0 Å². The van der Waals surface area contributed by atoms with E-state index in [1.807, 2.05) is 0 Å². The van der Waals surface area contributed by atoms with Crippen LogP contribution < -0.4 is 52.5 Å². The lowest BCUT2D eigenvalue weighted by Crippen LogP contribution is -2.47. The van der Waals surface area contributed by atoms with Crippen molar-refractivity contribution in [2.45, 2.75) is 84.0 Å². The molecule has 0 saturated carbocycles. The average molecular weight is 935 g/mol. The van der Waals surface area contributed by atoms with E-state index in [1.165, 1.54) is 107 Å². The first-order valence-corrected chi connectivity index (χ1v) is 28.4. The Morgan fingerprint density at radius 1 is 0.279 bits per heavy atom. The van der Waals surface area contributed by atoms with E-state index >= 15 is 0 Å². The summed E-state index contributed by atoms with van der Waals surface area (Å²) in [5, 5.41) is 31.2. The minimum atomic E-state index is -2.10. The van der Waals surface area contributed by atoms with Crippen LogP contribution in [0.5, 0.6) is 0 Å². The van der Waals surface area contributed by atoms with E-state index in [2.05, 4.69) is 254 Å². The van der Waals surface area contributed by atoms with Crippen LogP contribution in [0.3, 0.4) is 0 Å². The molecule has 0 aliphatic carbocycles. The quantitative estimate of drug-likeness (QED) is 0.0387. The van der Waals surface area contributed by atoms with E-state index in [0.29, 0.717) is 6.61 Å². The second-order valence-electron chi connectivity index (χ2n) is 17.1. The van der Waals surface area contributed by atoms with E-state index in [9.17, 15) is 10.0 Å². The van der Waals surface area contributed by atoms with Crippen molar-refractivity contribution in [3.63, 3.8) is 0 Å². The first-order valence-electron chi connectivity index (χ1n) is 24.8. The molecular formula is C62H69BO3P2. The molecule has 0 amide bonds. The highest BCUT2D eigenvalue weighted by Gasteiger charge is 2.48. The summed E-state index contributed by atoms with van der Waals surface area (Å²) in [6, 6.07) is 87.7. The molecule has 0 radical (unpaired) electrons. The Bertz CT molecular complexity index is 1990. The molecule has 6 heteroatoms. The molecule has 8 aromatic carbocycles. The maximum absolute atomic E-state index is 10.1. The molecule has 0 spiro atoms. The molecule has 8 aromatic rings. The largest absolute Gasteiger partial charge is 0.871 e. The fraction of sp³-hybridized carbons (Fsp3) is 0.226. The zero-order valence-electron chi connectivity index (χ0n) is 40.0. The van der Waals surface area contributed by atoms with Crippen LogP contribution >= 0.6 is 14.5 Å². The van der Waals surface area contributed by atoms with E-state index in [-0.39, 0.29) is 0 Å². The van der Waals surface area contributed by atoms with Crippen molar-refractivity contribution >= 4 is 64.3 Å². The summed E-state index contributed by atoms with van der Waals surface area (Å²) in [6.45, 7) is 2.58.